The molecule has 0 saturated heterocycles. The Morgan fingerprint density at radius 1 is 1.28 bits per heavy atom. The van der Waals surface area contributed by atoms with Crippen molar-refractivity contribution in [3.05, 3.63) is 63.0 Å². The summed E-state index contributed by atoms with van der Waals surface area (Å²) in [5.74, 6) is -0.377. The van der Waals surface area contributed by atoms with Gasteiger partial charge in [-0.25, -0.2) is 0 Å². The van der Waals surface area contributed by atoms with Crippen molar-refractivity contribution in [1.82, 2.24) is 4.98 Å². The molecular weight excluding hydrogens is 252 g/mol. The maximum absolute atomic E-state index is 11.9. The predicted molar refractivity (Wildman–Crippen MR) is 71.2 cm³/mol. The minimum Gasteiger partial charge on any atom is -0.320 e. The molecular formula is C13H11ClN2O2. The number of H-pyrrole nitrogens is 1. The van der Waals surface area contributed by atoms with E-state index in [9.17, 15) is 9.59 Å². The molecule has 1 aromatic carbocycles. The number of aromatic amines is 1. The molecule has 92 valence electrons. The summed E-state index contributed by atoms with van der Waals surface area (Å²) in [6.07, 6.45) is 0. The summed E-state index contributed by atoms with van der Waals surface area (Å²) in [5, 5.41) is 3.24. The van der Waals surface area contributed by atoms with Gasteiger partial charge in [0.1, 0.15) is 5.69 Å². The van der Waals surface area contributed by atoms with Crippen LogP contribution in [0.4, 0.5) is 5.69 Å². The number of aryl methyl sites for hydroxylation is 1. The summed E-state index contributed by atoms with van der Waals surface area (Å²) in [7, 11) is 0. The number of halogens is 1. The summed E-state index contributed by atoms with van der Waals surface area (Å²) in [5.41, 5.74) is 1.41. The zero-order chi connectivity index (χ0) is 13.1. The molecule has 2 N–H and O–H groups in total. The van der Waals surface area contributed by atoms with Crippen LogP contribution in [-0.4, -0.2) is 10.9 Å². The lowest BCUT2D eigenvalue weighted by Crippen LogP contribution is -2.18. The van der Waals surface area contributed by atoms with E-state index in [1.807, 2.05) is 13.0 Å². The van der Waals surface area contributed by atoms with Crippen LogP contribution < -0.4 is 10.9 Å². The molecule has 0 aliphatic rings. The van der Waals surface area contributed by atoms with Crippen LogP contribution in [-0.2, 0) is 0 Å². The largest absolute Gasteiger partial charge is 0.320 e. The minimum absolute atomic E-state index is 0.210. The lowest BCUT2D eigenvalue weighted by molar-refractivity contribution is 0.102. The van der Waals surface area contributed by atoms with Gasteiger partial charge >= 0.3 is 0 Å². The zero-order valence-electron chi connectivity index (χ0n) is 9.66. The number of carbonyl (C=O) groups excluding carboxylic acids is 1. The van der Waals surface area contributed by atoms with Gasteiger partial charge in [-0.1, -0.05) is 23.7 Å². The molecule has 2 rings (SSSR count). The molecule has 0 bridgehead atoms. The Morgan fingerprint density at radius 2 is 2.06 bits per heavy atom. The van der Waals surface area contributed by atoms with Gasteiger partial charge in [0.15, 0.2) is 0 Å². The van der Waals surface area contributed by atoms with Gasteiger partial charge in [-0.15, -0.1) is 0 Å². The summed E-state index contributed by atoms with van der Waals surface area (Å²) >= 11 is 5.86. The molecule has 1 heterocycles. The fourth-order valence-electron chi connectivity index (χ4n) is 1.50. The van der Waals surface area contributed by atoms with Crippen LogP contribution in [0.2, 0.25) is 5.02 Å². The quantitative estimate of drug-likeness (QED) is 0.874. The number of anilines is 1. The molecule has 2 aromatic rings. The second-order valence-electron chi connectivity index (χ2n) is 3.84. The van der Waals surface area contributed by atoms with Gasteiger partial charge in [0, 0.05) is 16.8 Å². The number of hydrogen-bond acceptors (Lipinski definition) is 2. The normalized spacial score (nSPS) is 10.1. The van der Waals surface area contributed by atoms with Crippen LogP contribution >= 0.6 is 11.6 Å². The standard InChI is InChI=1S/C13H11ClN2O2/c1-8-5-6-9(14)7-11(8)16-13(18)10-3-2-4-12(17)15-10/h2-7H,1H3,(H,15,17)(H,16,18). The lowest BCUT2D eigenvalue weighted by Gasteiger charge is -2.08. The van der Waals surface area contributed by atoms with Gasteiger partial charge in [-0.3, -0.25) is 9.59 Å². The first kappa shape index (κ1) is 12.4. The lowest BCUT2D eigenvalue weighted by atomic mass is 10.2. The van der Waals surface area contributed by atoms with E-state index >= 15 is 0 Å². The van der Waals surface area contributed by atoms with E-state index in [1.54, 1.807) is 12.1 Å². The number of benzene rings is 1. The third kappa shape index (κ3) is 2.78. The third-order valence-electron chi connectivity index (χ3n) is 2.46. The molecule has 0 aliphatic carbocycles. The number of amides is 1. The second kappa shape index (κ2) is 5.06. The Morgan fingerprint density at radius 3 is 2.78 bits per heavy atom. The Bertz CT molecular complexity index is 649. The first-order valence-electron chi connectivity index (χ1n) is 5.33. The Balaban J connectivity index is 2.26. The Hall–Kier alpha value is -2.07. The van der Waals surface area contributed by atoms with E-state index < -0.39 is 0 Å². The van der Waals surface area contributed by atoms with Gasteiger partial charge in [0.25, 0.3) is 5.91 Å². The zero-order valence-corrected chi connectivity index (χ0v) is 10.4. The van der Waals surface area contributed by atoms with Crippen molar-refractivity contribution in [3.8, 4) is 0 Å². The van der Waals surface area contributed by atoms with Gasteiger partial charge < -0.3 is 10.3 Å². The summed E-state index contributed by atoms with van der Waals surface area (Å²) in [6, 6.07) is 9.63. The molecule has 18 heavy (non-hydrogen) atoms. The number of carbonyl (C=O) groups is 1. The first-order valence-corrected chi connectivity index (χ1v) is 5.71. The average molecular weight is 263 g/mol. The van der Waals surface area contributed by atoms with E-state index in [1.165, 1.54) is 18.2 Å². The van der Waals surface area contributed by atoms with E-state index in [2.05, 4.69) is 10.3 Å². The molecule has 0 unspecified atom stereocenters. The SMILES string of the molecule is Cc1ccc(Cl)cc1NC(=O)c1cccc(=O)[nH]1. The maximum Gasteiger partial charge on any atom is 0.272 e. The van der Waals surface area contributed by atoms with Crippen LogP contribution in [0.3, 0.4) is 0 Å². The molecule has 0 spiro atoms. The molecule has 1 aromatic heterocycles. The average Bonchev–Trinajstić information content (AvgIpc) is 2.34. The van der Waals surface area contributed by atoms with Gasteiger partial charge in [-0.2, -0.15) is 0 Å². The van der Waals surface area contributed by atoms with Gasteiger partial charge in [0.05, 0.1) is 0 Å². The Kier molecular flexibility index (Phi) is 3.48. The number of hydrogen-bond donors (Lipinski definition) is 2. The number of nitrogens with one attached hydrogen (secondary N) is 2. The molecule has 4 nitrogen and oxygen atoms in total. The van der Waals surface area contributed by atoms with Gasteiger partial charge in [-0.05, 0) is 30.7 Å². The second-order valence-corrected chi connectivity index (χ2v) is 4.28. The smallest absolute Gasteiger partial charge is 0.272 e. The molecule has 0 atom stereocenters. The van der Waals surface area contributed by atoms with Crippen molar-refractivity contribution in [2.75, 3.05) is 5.32 Å². The summed E-state index contributed by atoms with van der Waals surface area (Å²) in [6.45, 7) is 1.86. The van der Waals surface area contributed by atoms with Crippen molar-refractivity contribution in [1.29, 1.82) is 0 Å². The fraction of sp³-hybridized carbons (Fsp3) is 0.0769. The van der Waals surface area contributed by atoms with Crippen molar-refractivity contribution in [3.63, 3.8) is 0 Å². The maximum atomic E-state index is 11.9. The fourth-order valence-corrected chi connectivity index (χ4v) is 1.67. The molecule has 1 amide bonds. The van der Waals surface area contributed by atoms with E-state index in [4.69, 9.17) is 11.6 Å². The monoisotopic (exact) mass is 262 g/mol. The van der Waals surface area contributed by atoms with Crippen LogP contribution in [0.5, 0.6) is 0 Å². The van der Waals surface area contributed by atoms with Crippen molar-refractivity contribution in [2.24, 2.45) is 0 Å². The minimum atomic E-state index is -0.377. The Labute approximate surface area is 109 Å². The summed E-state index contributed by atoms with van der Waals surface area (Å²) < 4.78 is 0. The van der Waals surface area contributed by atoms with Gasteiger partial charge in [0.2, 0.25) is 5.56 Å². The van der Waals surface area contributed by atoms with E-state index in [-0.39, 0.29) is 17.2 Å². The number of pyridine rings is 1. The van der Waals surface area contributed by atoms with Crippen LogP contribution in [0.15, 0.2) is 41.2 Å². The van der Waals surface area contributed by atoms with Crippen molar-refractivity contribution < 1.29 is 4.79 Å². The predicted octanol–water partition coefficient (Wildman–Crippen LogP) is 2.59. The highest BCUT2D eigenvalue weighted by Gasteiger charge is 2.08. The number of aromatic nitrogens is 1. The summed E-state index contributed by atoms with van der Waals surface area (Å²) in [4.78, 5) is 25.5. The van der Waals surface area contributed by atoms with Crippen molar-refractivity contribution >= 4 is 23.2 Å². The van der Waals surface area contributed by atoms with Crippen LogP contribution in [0.25, 0.3) is 0 Å². The van der Waals surface area contributed by atoms with Crippen molar-refractivity contribution in [2.45, 2.75) is 6.92 Å². The molecule has 0 saturated carbocycles. The number of rotatable bonds is 2. The molecule has 0 fully saturated rings. The van der Waals surface area contributed by atoms with Crippen LogP contribution in [0, 0.1) is 6.92 Å². The third-order valence-corrected chi connectivity index (χ3v) is 2.70. The topological polar surface area (TPSA) is 62.0 Å². The highest BCUT2D eigenvalue weighted by molar-refractivity contribution is 6.31. The van der Waals surface area contributed by atoms with E-state index in [0.717, 1.165) is 5.56 Å². The van der Waals surface area contributed by atoms with Crippen LogP contribution in [0.1, 0.15) is 16.1 Å². The van der Waals surface area contributed by atoms with E-state index in [0.29, 0.717) is 10.7 Å². The first-order chi connectivity index (χ1) is 8.56. The molecule has 5 heteroatoms. The molecule has 0 aliphatic heterocycles. The highest BCUT2D eigenvalue weighted by Crippen LogP contribution is 2.20. The molecule has 0 radical (unpaired) electrons. The highest BCUT2D eigenvalue weighted by atomic mass is 35.5.